The van der Waals surface area contributed by atoms with Gasteiger partial charge in [-0.1, -0.05) is 14.1 Å². The Hall–Kier alpha value is 0.860. The van der Waals surface area contributed by atoms with Gasteiger partial charge in [0, 0.05) is 0 Å². The zero-order chi connectivity index (χ0) is 2.00. The van der Waals surface area contributed by atoms with Gasteiger partial charge in [-0.15, -0.1) is 9.24 Å². The fourth-order valence-corrected chi connectivity index (χ4v) is 0. The molecular formula is C2H13P2+. The van der Waals surface area contributed by atoms with Gasteiger partial charge in [-0.2, -0.15) is 0 Å². The second-order valence-corrected chi connectivity index (χ2v) is 0. The third-order valence-electron chi connectivity index (χ3n) is 0. The highest BCUT2D eigenvalue weighted by molar-refractivity contribution is 7.15. The van der Waals surface area contributed by atoms with E-state index in [9.17, 15) is 0 Å². The molecule has 0 aliphatic carbocycles. The molecule has 0 aromatic heterocycles. The summed E-state index contributed by atoms with van der Waals surface area (Å²) in [6, 6.07) is 0. The van der Waals surface area contributed by atoms with Crippen LogP contribution in [-0.2, 0) is 0 Å². The maximum absolute atomic E-state index is 2.42. The second-order valence-electron chi connectivity index (χ2n) is 0. The molecule has 0 fully saturated rings. The van der Waals surface area contributed by atoms with Gasteiger partial charge in [0.25, 0.3) is 0 Å². The van der Waals surface area contributed by atoms with Crippen LogP contribution in [0.2, 0.25) is 0 Å². The molecule has 0 amide bonds. The van der Waals surface area contributed by atoms with Gasteiger partial charge in [-0.25, -0.2) is 0 Å². The summed E-state index contributed by atoms with van der Waals surface area (Å²) in [6.45, 7) is 1.92. The molecule has 2 atom stereocenters. The largest absolute Gasteiger partial charge is 0.141 e. The lowest BCUT2D eigenvalue weighted by Crippen LogP contribution is -0.804. The van der Waals surface area contributed by atoms with Gasteiger partial charge in [-0.3, -0.25) is 0 Å². The fraction of sp³-hybridized carbons (Fsp3) is 1.00. The first-order valence-corrected chi connectivity index (χ1v) is 1.73. The molecule has 0 radical (unpaired) electrons. The molecule has 0 aliphatic heterocycles. The van der Waals surface area contributed by atoms with Gasteiger partial charge >= 0.3 is 0 Å². The average Bonchev–Trinajstić information content (AvgIpc) is 1.00. The third-order valence-corrected chi connectivity index (χ3v) is 0. The summed E-state index contributed by atoms with van der Waals surface area (Å²) < 4.78 is 0. The first-order chi connectivity index (χ1) is 1.00. The summed E-state index contributed by atoms with van der Waals surface area (Å²) in [6.07, 6.45) is 0. The molecule has 0 aromatic carbocycles. The highest BCUT2D eigenvalue weighted by atomic mass is 31.0. The topological polar surface area (TPSA) is 0 Å². The quantitative estimate of drug-likeness (QED) is 0.396. The van der Waals surface area contributed by atoms with Crippen LogP contribution in [0.3, 0.4) is 0 Å². The maximum Gasteiger partial charge on any atom is -0.0395 e. The molecule has 0 aromatic rings. The van der Waals surface area contributed by atoms with E-state index in [0.717, 1.165) is 0 Å². The van der Waals surface area contributed by atoms with Crippen LogP contribution in [0, 0.1) is 0 Å². The number of rotatable bonds is 0. The molecule has 0 spiro atoms. The standard InChI is InChI=1S/CH5P.CH4.H3P/c1-2;;/h2H2,1H3;1H4;1H3/p+1. The van der Waals surface area contributed by atoms with Gasteiger partial charge in [-0.05, 0) is 9.90 Å². The Morgan fingerprint density at radius 3 is 1.25 bits per heavy atom. The smallest absolute Gasteiger partial charge is 0.0395 e. The Morgan fingerprint density at radius 1 is 1.25 bits per heavy atom. The van der Waals surface area contributed by atoms with Crippen LogP contribution in [0.4, 0.5) is 0 Å². The Labute approximate surface area is 34.2 Å². The molecule has 0 N–H and O–H groups in total. The van der Waals surface area contributed by atoms with Crippen LogP contribution in [0.1, 0.15) is 7.43 Å². The van der Waals surface area contributed by atoms with Crippen molar-refractivity contribution in [3.8, 4) is 0 Å². The predicted octanol–water partition coefficient (Wildman–Crippen LogP) is 0.918. The number of hydrogen-bond donors (Lipinski definition) is 0. The summed E-state index contributed by atoms with van der Waals surface area (Å²) in [5.74, 6) is 0. The lowest BCUT2D eigenvalue weighted by atomic mass is 12.0. The summed E-state index contributed by atoms with van der Waals surface area (Å²) in [7, 11) is 2.42. The highest BCUT2D eigenvalue weighted by Gasteiger charge is 0.906. The van der Waals surface area contributed by atoms with Crippen molar-refractivity contribution >= 4 is 19.1 Å². The SMILES string of the molecule is C.CP.[PH4+]. The van der Waals surface area contributed by atoms with Crippen molar-refractivity contribution in [3.63, 3.8) is 0 Å². The van der Waals surface area contributed by atoms with Gasteiger partial charge < -0.3 is 0 Å². The lowest BCUT2D eigenvalue weighted by molar-refractivity contribution is 2.50. The maximum atomic E-state index is 2.42. The first-order valence-electron chi connectivity index (χ1n) is 0.577. The Bertz CT molecular complexity index is 4.00. The minimum absolute atomic E-state index is 0. The monoisotopic (exact) mass is 99.0 g/mol. The van der Waals surface area contributed by atoms with Crippen molar-refractivity contribution in [3.05, 3.63) is 0 Å². The van der Waals surface area contributed by atoms with E-state index in [2.05, 4.69) is 9.24 Å². The van der Waals surface area contributed by atoms with Gasteiger partial charge in [0.15, 0.2) is 0 Å². The first kappa shape index (κ1) is 20.9. The Morgan fingerprint density at radius 2 is 1.25 bits per heavy atom. The summed E-state index contributed by atoms with van der Waals surface area (Å²) in [5.41, 5.74) is 0. The number of hydrogen-bond acceptors (Lipinski definition) is 0. The minimum Gasteiger partial charge on any atom is -0.141 e. The van der Waals surface area contributed by atoms with E-state index in [1.54, 1.807) is 0 Å². The molecule has 2 unspecified atom stereocenters. The molecule has 2 heteroatoms. The molecule has 0 saturated heterocycles. The summed E-state index contributed by atoms with van der Waals surface area (Å²) in [5, 5.41) is 0. The third kappa shape index (κ3) is 13.4. The summed E-state index contributed by atoms with van der Waals surface area (Å²) in [4.78, 5) is 0. The fourth-order valence-electron chi connectivity index (χ4n) is 0. The molecule has 30 valence electrons. The molecule has 0 saturated carbocycles. The molecule has 0 bridgehead atoms. The van der Waals surface area contributed by atoms with Gasteiger partial charge in [0.1, 0.15) is 0 Å². The van der Waals surface area contributed by atoms with E-state index >= 15 is 0 Å². The van der Waals surface area contributed by atoms with Crippen LogP contribution >= 0.6 is 19.1 Å². The minimum atomic E-state index is 0. The van der Waals surface area contributed by atoms with Crippen molar-refractivity contribution in [2.45, 2.75) is 7.43 Å². The normalized spacial score (nSPS) is 1.50. The zero-order valence-corrected chi connectivity index (χ0v) is 5.73. The second kappa shape index (κ2) is 42.7. The predicted molar refractivity (Wildman–Crippen MR) is 34.9 cm³/mol. The molecule has 0 aliphatic rings. The Balaban J connectivity index is -0.00000000500. The van der Waals surface area contributed by atoms with Crippen LogP contribution in [0.5, 0.6) is 0 Å². The van der Waals surface area contributed by atoms with Crippen LogP contribution in [0.15, 0.2) is 0 Å². The molecule has 4 heavy (non-hydrogen) atoms. The van der Waals surface area contributed by atoms with Crippen molar-refractivity contribution < 1.29 is 0 Å². The van der Waals surface area contributed by atoms with E-state index in [0.29, 0.717) is 0 Å². The van der Waals surface area contributed by atoms with Crippen LogP contribution in [0.25, 0.3) is 0 Å². The van der Waals surface area contributed by atoms with E-state index in [-0.39, 0.29) is 17.3 Å². The zero-order valence-electron chi connectivity index (χ0n) is 2.58. The molecular weight excluding hydrogens is 86.0 g/mol. The van der Waals surface area contributed by atoms with E-state index in [4.69, 9.17) is 0 Å². The van der Waals surface area contributed by atoms with E-state index in [1.807, 2.05) is 6.66 Å². The van der Waals surface area contributed by atoms with Gasteiger partial charge in [0.05, 0.1) is 0 Å². The Kier molecular flexibility index (Phi) is 223. The van der Waals surface area contributed by atoms with Crippen molar-refractivity contribution in [2.24, 2.45) is 0 Å². The lowest BCUT2D eigenvalue weighted by Gasteiger charge is -1.10. The van der Waals surface area contributed by atoms with E-state index < -0.39 is 0 Å². The van der Waals surface area contributed by atoms with Crippen LogP contribution in [-0.4, -0.2) is 6.66 Å². The molecule has 0 rings (SSSR count). The van der Waals surface area contributed by atoms with Crippen molar-refractivity contribution in [1.82, 2.24) is 0 Å². The summed E-state index contributed by atoms with van der Waals surface area (Å²) >= 11 is 0. The highest BCUT2D eigenvalue weighted by Crippen LogP contribution is 1.46. The molecule has 0 heterocycles. The van der Waals surface area contributed by atoms with Crippen molar-refractivity contribution in [1.29, 1.82) is 0 Å². The van der Waals surface area contributed by atoms with E-state index in [1.165, 1.54) is 0 Å². The average molecular weight is 99.1 g/mol. The van der Waals surface area contributed by atoms with Crippen molar-refractivity contribution in [2.75, 3.05) is 6.66 Å². The van der Waals surface area contributed by atoms with Crippen LogP contribution < -0.4 is 0 Å². The molecule has 0 nitrogen and oxygen atoms in total. The van der Waals surface area contributed by atoms with Gasteiger partial charge in [0.2, 0.25) is 0 Å².